The van der Waals surface area contributed by atoms with Crippen molar-refractivity contribution in [1.29, 1.82) is 0 Å². The van der Waals surface area contributed by atoms with Gasteiger partial charge < -0.3 is 23.9 Å². The van der Waals surface area contributed by atoms with E-state index in [0.717, 1.165) is 50.5 Å². The molecule has 0 radical (unpaired) electrons. The van der Waals surface area contributed by atoms with Crippen LogP contribution >= 0.6 is 0 Å². The molecular weight excluding hydrogens is 322 g/mol. The highest BCUT2D eigenvalue weighted by Gasteiger charge is 2.29. The number of likely N-dealkylation sites (N-methyl/N-ethyl adjacent to an activating group) is 1. The van der Waals surface area contributed by atoms with Crippen molar-refractivity contribution < 1.29 is 13.9 Å². The zero-order valence-corrected chi connectivity index (χ0v) is 14.7. The summed E-state index contributed by atoms with van der Waals surface area (Å²) in [6.45, 7) is 7.85. The molecule has 2 aromatic rings. The van der Waals surface area contributed by atoms with Crippen LogP contribution in [0.3, 0.4) is 0 Å². The van der Waals surface area contributed by atoms with Crippen molar-refractivity contribution in [3.05, 3.63) is 17.7 Å². The predicted molar refractivity (Wildman–Crippen MR) is 93.0 cm³/mol. The number of anilines is 1. The minimum atomic E-state index is 0.00802. The van der Waals surface area contributed by atoms with E-state index in [1.54, 1.807) is 0 Å². The van der Waals surface area contributed by atoms with E-state index in [-0.39, 0.29) is 5.91 Å². The molecule has 4 rings (SSSR count). The summed E-state index contributed by atoms with van der Waals surface area (Å²) in [6.07, 6.45) is 1.50. The van der Waals surface area contributed by atoms with Crippen LogP contribution in [0.5, 0.6) is 0 Å². The SMILES string of the molecule is Cc1oc2ncnc(N3CCOCC3)c2c1C(=O)N1CCN(C)CC1. The molecule has 0 unspecified atom stereocenters. The van der Waals surface area contributed by atoms with Crippen LogP contribution in [0.15, 0.2) is 10.7 Å². The van der Waals surface area contributed by atoms with Gasteiger partial charge in [0.15, 0.2) is 0 Å². The molecule has 2 aromatic heterocycles. The lowest BCUT2D eigenvalue weighted by atomic mass is 10.1. The standard InChI is InChI=1S/C17H23N5O3/c1-12-13(17(23)22-5-3-20(2)4-6-22)14-15(18-11-19-16(14)25-12)21-7-9-24-10-8-21/h11H,3-10H2,1-2H3. The van der Waals surface area contributed by atoms with Gasteiger partial charge in [0.05, 0.1) is 24.2 Å². The van der Waals surface area contributed by atoms with Gasteiger partial charge in [-0.25, -0.2) is 9.97 Å². The molecule has 0 aromatic carbocycles. The Kier molecular flexibility index (Phi) is 4.30. The largest absolute Gasteiger partial charge is 0.442 e. The fraction of sp³-hybridized carbons (Fsp3) is 0.588. The average molecular weight is 345 g/mol. The van der Waals surface area contributed by atoms with E-state index < -0.39 is 0 Å². The van der Waals surface area contributed by atoms with Gasteiger partial charge >= 0.3 is 0 Å². The van der Waals surface area contributed by atoms with Gasteiger partial charge in [-0.05, 0) is 14.0 Å². The first kappa shape index (κ1) is 16.3. The Morgan fingerprint density at radius 3 is 2.52 bits per heavy atom. The first-order chi connectivity index (χ1) is 12.1. The predicted octanol–water partition coefficient (Wildman–Crippen LogP) is 0.755. The molecule has 8 nitrogen and oxygen atoms in total. The van der Waals surface area contributed by atoms with Crippen LogP contribution in [0, 0.1) is 6.92 Å². The van der Waals surface area contributed by atoms with E-state index in [9.17, 15) is 4.79 Å². The molecule has 0 aliphatic carbocycles. The highest BCUT2D eigenvalue weighted by Crippen LogP contribution is 2.32. The van der Waals surface area contributed by atoms with Gasteiger partial charge in [-0.15, -0.1) is 0 Å². The van der Waals surface area contributed by atoms with E-state index in [4.69, 9.17) is 9.15 Å². The van der Waals surface area contributed by atoms with Gasteiger partial charge in [0.2, 0.25) is 5.71 Å². The molecule has 4 heterocycles. The van der Waals surface area contributed by atoms with Gasteiger partial charge in [-0.3, -0.25) is 4.79 Å². The molecule has 0 bridgehead atoms. The van der Waals surface area contributed by atoms with E-state index in [2.05, 4.69) is 26.8 Å². The first-order valence-corrected chi connectivity index (χ1v) is 8.70. The minimum absolute atomic E-state index is 0.00802. The number of rotatable bonds is 2. The van der Waals surface area contributed by atoms with Gasteiger partial charge in [-0.1, -0.05) is 0 Å². The van der Waals surface area contributed by atoms with Crippen molar-refractivity contribution >= 4 is 22.8 Å². The maximum Gasteiger partial charge on any atom is 0.258 e. The molecule has 2 aliphatic rings. The lowest BCUT2D eigenvalue weighted by molar-refractivity contribution is 0.0664. The number of nitrogens with zero attached hydrogens (tertiary/aromatic N) is 5. The van der Waals surface area contributed by atoms with E-state index in [1.165, 1.54) is 6.33 Å². The molecule has 2 fully saturated rings. The van der Waals surface area contributed by atoms with Gasteiger partial charge in [0, 0.05) is 39.3 Å². The molecule has 25 heavy (non-hydrogen) atoms. The normalized spacial score (nSPS) is 19.6. The second-order valence-electron chi connectivity index (χ2n) is 6.61. The van der Waals surface area contributed by atoms with Crippen molar-refractivity contribution in [3.63, 3.8) is 0 Å². The Morgan fingerprint density at radius 2 is 1.80 bits per heavy atom. The lowest BCUT2D eigenvalue weighted by Crippen LogP contribution is -2.47. The molecule has 0 atom stereocenters. The summed E-state index contributed by atoms with van der Waals surface area (Å²) in [6, 6.07) is 0. The summed E-state index contributed by atoms with van der Waals surface area (Å²) in [4.78, 5) is 28.2. The molecule has 0 saturated carbocycles. The summed E-state index contributed by atoms with van der Waals surface area (Å²) in [5, 5.41) is 0.728. The number of hydrogen-bond acceptors (Lipinski definition) is 7. The maximum absolute atomic E-state index is 13.2. The fourth-order valence-corrected chi connectivity index (χ4v) is 3.47. The number of piperazine rings is 1. The number of morpholine rings is 1. The fourth-order valence-electron chi connectivity index (χ4n) is 3.47. The lowest BCUT2D eigenvalue weighted by Gasteiger charge is -2.32. The van der Waals surface area contributed by atoms with Crippen LogP contribution in [-0.4, -0.2) is 85.2 Å². The van der Waals surface area contributed by atoms with Crippen LogP contribution in [0.1, 0.15) is 16.1 Å². The Bertz CT molecular complexity index is 776. The number of fused-ring (bicyclic) bond motifs is 1. The topological polar surface area (TPSA) is 74.9 Å². The number of carbonyl (C=O) groups excluding carboxylic acids is 1. The second kappa shape index (κ2) is 6.61. The third kappa shape index (κ3) is 2.96. The number of aryl methyl sites for hydroxylation is 1. The molecule has 1 amide bonds. The number of hydrogen-bond donors (Lipinski definition) is 0. The van der Waals surface area contributed by atoms with Crippen molar-refractivity contribution in [3.8, 4) is 0 Å². The van der Waals surface area contributed by atoms with Crippen LogP contribution < -0.4 is 4.90 Å². The molecule has 134 valence electrons. The second-order valence-corrected chi connectivity index (χ2v) is 6.61. The molecule has 2 saturated heterocycles. The highest BCUT2D eigenvalue weighted by molar-refractivity contribution is 6.10. The quantitative estimate of drug-likeness (QED) is 0.795. The smallest absolute Gasteiger partial charge is 0.258 e. The molecular formula is C17H23N5O3. The van der Waals surface area contributed by atoms with Crippen LogP contribution in [-0.2, 0) is 4.74 Å². The molecule has 8 heteroatoms. The van der Waals surface area contributed by atoms with Crippen LogP contribution in [0.2, 0.25) is 0 Å². The number of ether oxygens (including phenoxy) is 1. The summed E-state index contributed by atoms with van der Waals surface area (Å²) >= 11 is 0. The average Bonchev–Trinajstić information content (AvgIpc) is 2.98. The first-order valence-electron chi connectivity index (χ1n) is 8.70. The number of aromatic nitrogens is 2. The van der Waals surface area contributed by atoms with Gasteiger partial charge in [0.1, 0.15) is 17.9 Å². The van der Waals surface area contributed by atoms with E-state index in [1.807, 2.05) is 11.8 Å². The van der Waals surface area contributed by atoms with Crippen molar-refractivity contribution in [1.82, 2.24) is 19.8 Å². The van der Waals surface area contributed by atoms with Crippen LogP contribution in [0.4, 0.5) is 5.82 Å². The van der Waals surface area contributed by atoms with Gasteiger partial charge in [0.25, 0.3) is 5.91 Å². The summed E-state index contributed by atoms with van der Waals surface area (Å²) in [5.41, 5.74) is 1.08. The molecule has 0 spiro atoms. The highest BCUT2D eigenvalue weighted by atomic mass is 16.5. The van der Waals surface area contributed by atoms with Gasteiger partial charge in [-0.2, -0.15) is 0 Å². The monoisotopic (exact) mass is 345 g/mol. The third-order valence-electron chi connectivity index (χ3n) is 4.96. The molecule has 2 aliphatic heterocycles. The summed E-state index contributed by atoms with van der Waals surface area (Å²) in [7, 11) is 2.07. The zero-order chi connectivity index (χ0) is 17.4. The Hall–Kier alpha value is -2.19. The van der Waals surface area contributed by atoms with E-state index >= 15 is 0 Å². The number of amides is 1. The Balaban J connectivity index is 1.75. The molecule has 0 N–H and O–H groups in total. The van der Waals surface area contributed by atoms with Crippen LogP contribution in [0.25, 0.3) is 11.1 Å². The maximum atomic E-state index is 13.2. The third-order valence-corrected chi connectivity index (χ3v) is 4.96. The van der Waals surface area contributed by atoms with E-state index in [0.29, 0.717) is 30.3 Å². The van der Waals surface area contributed by atoms with Crippen molar-refractivity contribution in [2.45, 2.75) is 6.92 Å². The zero-order valence-electron chi connectivity index (χ0n) is 14.7. The number of furan rings is 1. The Morgan fingerprint density at radius 1 is 1.08 bits per heavy atom. The summed E-state index contributed by atoms with van der Waals surface area (Å²) < 4.78 is 11.2. The Labute approximate surface area is 146 Å². The number of carbonyl (C=O) groups is 1. The minimum Gasteiger partial charge on any atom is -0.442 e. The summed E-state index contributed by atoms with van der Waals surface area (Å²) in [5.74, 6) is 1.38. The van der Waals surface area contributed by atoms with Crippen molar-refractivity contribution in [2.75, 3.05) is 64.4 Å². The van der Waals surface area contributed by atoms with Crippen molar-refractivity contribution in [2.24, 2.45) is 0 Å².